The molecule has 0 radical (unpaired) electrons. The zero-order valence-electron chi connectivity index (χ0n) is 23.3. The van der Waals surface area contributed by atoms with Crippen LogP contribution in [0.15, 0.2) is 18.2 Å². The molecule has 3 N–H and O–H groups in total. The van der Waals surface area contributed by atoms with Crippen molar-refractivity contribution in [1.29, 1.82) is 0 Å². The van der Waals surface area contributed by atoms with Crippen molar-refractivity contribution in [2.75, 3.05) is 52.4 Å². The molecule has 0 bridgehead atoms. The molecule has 1 unspecified atom stereocenters. The van der Waals surface area contributed by atoms with Gasteiger partial charge in [0.05, 0.1) is 24.6 Å². The average molecular weight is 552 g/mol. The van der Waals surface area contributed by atoms with Gasteiger partial charge in [-0.05, 0) is 44.4 Å². The van der Waals surface area contributed by atoms with Gasteiger partial charge in [-0.2, -0.15) is 0 Å². The number of hydrogen-bond acceptors (Lipinski definition) is 6. The van der Waals surface area contributed by atoms with E-state index in [2.05, 4.69) is 10.6 Å². The van der Waals surface area contributed by atoms with E-state index in [1.807, 2.05) is 25.7 Å². The number of unbranched alkanes of at least 4 members (excludes halogenated alkanes) is 1. The number of aliphatic hydroxyl groups excluding tert-OH is 1. The second kappa shape index (κ2) is 14.7. The number of halogens is 2. The Hall–Kier alpha value is -2.63. The minimum atomic E-state index is -1.11. The smallest absolute Gasteiger partial charge is 0.236 e. The fourth-order valence-corrected chi connectivity index (χ4v) is 5.42. The molecular weight excluding hydrogens is 508 g/mol. The Labute approximate surface area is 229 Å². The maximum absolute atomic E-state index is 13.9. The number of aliphatic hydroxyl groups is 1. The van der Waals surface area contributed by atoms with Crippen molar-refractivity contribution < 1.29 is 28.3 Å². The molecule has 1 aromatic rings. The lowest BCUT2D eigenvalue weighted by molar-refractivity contribution is -0.132. The van der Waals surface area contributed by atoms with Crippen LogP contribution in [0.1, 0.15) is 45.6 Å². The molecule has 0 aromatic heterocycles. The third-order valence-electron chi connectivity index (χ3n) is 7.66. The van der Waals surface area contributed by atoms with Crippen LogP contribution in [-0.4, -0.2) is 108 Å². The summed E-state index contributed by atoms with van der Waals surface area (Å²) in [4.78, 5) is 43.7. The number of carbonyl (C=O) groups is 3. The van der Waals surface area contributed by atoms with E-state index in [9.17, 15) is 28.3 Å². The molecule has 0 spiro atoms. The van der Waals surface area contributed by atoms with Crippen molar-refractivity contribution in [2.45, 2.75) is 64.6 Å². The first-order valence-corrected chi connectivity index (χ1v) is 14.1. The first kappa shape index (κ1) is 30.9. The highest BCUT2D eigenvalue weighted by atomic mass is 19.1. The minimum absolute atomic E-state index is 0.00163. The number of nitrogens with zero attached hydrogens (tertiary/aromatic N) is 3. The number of likely N-dealkylation sites (N-methyl/N-ethyl adjacent to an activating group) is 1. The number of amides is 3. The molecule has 0 saturated carbocycles. The molecule has 3 amide bonds. The van der Waals surface area contributed by atoms with Crippen LogP contribution in [0, 0.1) is 17.6 Å². The van der Waals surface area contributed by atoms with E-state index in [1.54, 1.807) is 9.80 Å². The second-order valence-corrected chi connectivity index (χ2v) is 10.5. The van der Waals surface area contributed by atoms with Crippen molar-refractivity contribution in [3.63, 3.8) is 0 Å². The van der Waals surface area contributed by atoms with E-state index in [1.165, 1.54) is 12.1 Å². The summed E-state index contributed by atoms with van der Waals surface area (Å²) in [5.41, 5.74) is 0.299. The third-order valence-corrected chi connectivity index (χ3v) is 7.66. The minimum Gasteiger partial charge on any atom is -0.389 e. The molecular formula is C28H43F2N5O4. The van der Waals surface area contributed by atoms with E-state index in [0.717, 1.165) is 18.9 Å². The normalized spacial score (nSPS) is 21.6. The van der Waals surface area contributed by atoms with Gasteiger partial charge in [-0.15, -0.1) is 0 Å². The number of carbonyl (C=O) groups excluding carboxylic acids is 3. The predicted molar refractivity (Wildman–Crippen MR) is 144 cm³/mol. The summed E-state index contributed by atoms with van der Waals surface area (Å²) in [6.45, 7) is 9.77. The first-order valence-electron chi connectivity index (χ1n) is 14.1. The van der Waals surface area contributed by atoms with Crippen molar-refractivity contribution in [1.82, 2.24) is 25.3 Å². The van der Waals surface area contributed by atoms with E-state index in [-0.39, 0.29) is 37.1 Å². The largest absolute Gasteiger partial charge is 0.389 e. The number of rotatable bonds is 13. The highest BCUT2D eigenvalue weighted by Crippen LogP contribution is 2.21. The van der Waals surface area contributed by atoms with Gasteiger partial charge in [0.15, 0.2) is 0 Å². The lowest BCUT2D eigenvalue weighted by atomic mass is 9.94. The fraction of sp³-hybridized carbons (Fsp3) is 0.679. The molecule has 218 valence electrons. The van der Waals surface area contributed by atoms with Gasteiger partial charge in [-0.1, -0.05) is 13.3 Å². The monoisotopic (exact) mass is 551 g/mol. The summed E-state index contributed by atoms with van der Waals surface area (Å²) in [5.74, 6) is -2.48. The average Bonchev–Trinajstić information content (AvgIpc) is 3.27. The maximum Gasteiger partial charge on any atom is 0.236 e. The molecule has 0 aliphatic carbocycles. The van der Waals surface area contributed by atoms with Crippen LogP contribution in [-0.2, 0) is 20.8 Å². The standard InChI is InChI=1S/C28H43F2N5O4/c1-4-7-9-35-16-20(14-25(35)36)28(39)32-23(13-19-11-21(29)15-22(30)12-19)27(38)24-17-33(10-8-31-24)18-26(37)34(5-2)6-3/h11-12,15,20,23-24,27,31,38H,4-10,13-14,16-18H2,1-3H3,(H,32,39)/t20?,23-,24+,27-/m0/s1. The van der Waals surface area contributed by atoms with Crippen LogP contribution >= 0.6 is 0 Å². The topological polar surface area (TPSA) is 105 Å². The number of benzene rings is 1. The molecule has 2 aliphatic rings. The van der Waals surface area contributed by atoms with Gasteiger partial charge in [0.25, 0.3) is 0 Å². The van der Waals surface area contributed by atoms with Crippen molar-refractivity contribution in [3.05, 3.63) is 35.4 Å². The van der Waals surface area contributed by atoms with Gasteiger partial charge in [-0.3, -0.25) is 19.3 Å². The molecule has 4 atom stereocenters. The van der Waals surface area contributed by atoms with Crippen LogP contribution in [0.3, 0.4) is 0 Å². The van der Waals surface area contributed by atoms with Crippen LogP contribution in [0.5, 0.6) is 0 Å². The first-order chi connectivity index (χ1) is 18.6. The van der Waals surface area contributed by atoms with Gasteiger partial charge in [0, 0.05) is 64.3 Å². The van der Waals surface area contributed by atoms with Gasteiger partial charge in [0.1, 0.15) is 11.6 Å². The number of nitrogens with one attached hydrogen (secondary N) is 2. The highest BCUT2D eigenvalue weighted by molar-refractivity contribution is 5.89. The third kappa shape index (κ3) is 8.68. The SMILES string of the molecule is CCCCN1CC(C(=O)N[C@@H](Cc2cc(F)cc(F)c2)[C@H](O)[C@H]2CN(CC(=O)N(CC)CC)CCN2)CC1=O. The Morgan fingerprint density at radius 1 is 1.15 bits per heavy atom. The number of likely N-dealkylation sites (tertiary alicyclic amines) is 1. The lowest BCUT2D eigenvalue weighted by Gasteiger charge is -2.39. The Morgan fingerprint density at radius 3 is 2.49 bits per heavy atom. The quantitative estimate of drug-likeness (QED) is 0.340. The van der Waals surface area contributed by atoms with Crippen molar-refractivity contribution in [2.24, 2.45) is 5.92 Å². The van der Waals surface area contributed by atoms with Crippen LogP contribution in [0.2, 0.25) is 0 Å². The molecule has 3 rings (SSSR count). The molecule has 1 aromatic carbocycles. The van der Waals surface area contributed by atoms with Gasteiger partial charge < -0.3 is 25.5 Å². The zero-order valence-corrected chi connectivity index (χ0v) is 23.3. The van der Waals surface area contributed by atoms with Gasteiger partial charge >= 0.3 is 0 Å². The summed E-state index contributed by atoms with van der Waals surface area (Å²) >= 11 is 0. The summed E-state index contributed by atoms with van der Waals surface area (Å²) in [6, 6.07) is 1.79. The molecule has 2 fully saturated rings. The van der Waals surface area contributed by atoms with Crippen LogP contribution in [0.25, 0.3) is 0 Å². The Balaban J connectivity index is 1.73. The predicted octanol–water partition coefficient (Wildman–Crippen LogP) is 1.14. The van der Waals surface area contributed by atoms with Crippen molar-refractivity contribution >= 4 is 17.7 Å². The Bertz CT molecular complexity index is 972. The molecule has 11 heteroatoms. The summed E-state index contributed by atoms with van der Waals surface area (Å²) in [5, 5.41) is 17.6. The van der Waals surface area contributed by atoms with Gasteiger partial charge in [-0.25, -0.2) is 8.78 Å². The van der Waals surface area contributed by atoms with E-state index in [0.29, 0.717) is 51.4 Å². The van der Waals surface area contributed by atoms with E-state index < -0.39 is 35.7 Å². The Morgan fingerprint density at radius 2 is 1.85 bits per heavy atom. The van der Waals surface area contributed by atoms with Crippen LogP contribution < -0.4 is 10.6 Å². The zero-order chi connectivity index (χ0) is 28.5. The van der Waals surface area contributed by atoms with E-state index in [4.69, 9.17) is 0 Å². The molecule has 2 saturated heterocycles. The second-order valence-electron chi connectivity index (χ2n) is 10.5. The fourth-order valence-electron chi connectivity index (χ4n) is 5.42. The summed E-state index contributed by atoms with van der Waals surface area (Å²) in [6.07, 6.45) is 0.770. The van der Waals surface area contributed by atoms with Crippen molar-refractivity contribution in [3.8, 4) is 0 Å². The molecule has 2 heterocycles. The molecule has 9 nitrogen and oxygen atoms in total. The van der Waals surface area contributed by atoms with Gasteiger partial charge in [0.2, 0.25) is 17.7 Å². The lowest BCUT2D eigenvalue weighted by Crippen LogP contribution is -2.62. The number of piperazine rings is 1. The molecule has 39 heavy (non-hydrogen) atoms. The van der Waals surface area contributed by atoms with Crippen LogP contribution in [0.4, 0.5) is 8.78 Å². The highest BCUT2D eigenvalue weighted by Gasteiger charge is 2.38. The van der Waals surface area contributed by atoms with E-state index >= 15 is 0 Å². The Kier molecular flexibility index (Phi) is 11.6. The molecule has 2 aliphatic heterocycles. The maximum atomic E-state index is 13.9. The summed E-state index contributed by atoms with van der Waals surface area (Å²) in [7, 11) is 0. The number of hydrogen-bond donors (Lipinski definition) is 3. The summed E-state index contributed by atoms with van der Waals surface area (Å²) < 4.78 is 27.9.